The highest BCUT2D eigenvalue weighted by atomic mass is 19.4. The van der Waals surface area contributed by atoms with Gasteiger partial charge in [-0.25, -0.2) is 0 Å². The fraction of sp³-hybridized carbons (Fsp3) is 0.500. The van der Waals surface area contributed by atoms with E-state index in [1.165, 1.54) is 12.1 Å². The lowest BCUT2D eigenvalue weighted by Crippen LogP contribution is -2.48. The van der Waals surface area contributed by atoms with E-state index in [0.717, 1.165) is 12.1 Å². The number of carbonyl (C=O) groups excluding carboxylic acids is 1. The molecular weight excluding hydrogens is 303 g/mol. The van der Waals surface area contributed by atoms with Crippen molar-refractivity contribution in [1.29, 1.82) is 0 Å². The number of hydrogen-bond acceptors (Lipinski definition) is 4. The molecule has 22 heavy (non-hydrogen) atoms. The minimum atomic E-state index is -4.63. The fourth-order valence-electron chi connectivity index (χ4n) is 2.28. The lowest BCUT2D eigenvalue weighted by Gasteiger charge is -2.31. The van der Waals surface area contributed by atoms with E-state index in [4.69, 9.17) is 4.74 Å². The van der Waals surface area contributed by atoms with Crippen LogP contribution in [0.5, 0.6) is 0 Å². The number of aliphatic hydroxyl groups is 2. The van der Waals surface area contributed by atoms with Gasteiger partial charge >= 0.3 is 6.18 Å². The lowest BCUT2D eigenvalue weighted by molar-refractivity contribution is -0.138. The predicted octanol–water partition coefficient (Wildman–Crippen LogP) is 0.803. The zero-order chi connectivity index (χ0) is 16.3. The van der Waals surface area contributed by atoms with Gasteiger partial charge in [-0.05, 0) is 12.1 Å². The number of carbonyl (C=O) groups is 1. The summed E-state index contributed by atoms with van der Waals surface area (Å²) in [5.41, 5.74) is -1.50. The van der Waals surface area contributed by atoms with Gasteiger partial charge in [0.15, 0.2) is 0 Å². The highest BCUT2D eigenvalue weighted by Gasteiger charge is 2.35. The van der Waals surface area contributed by atoms with Gasteiger partial charge in [0.25, 0.3) is 5.91 Å². The van der Waals surface area contributed by atoms with Crippen LogP contribution < -0.4 is 5.32 Å². The first-order chi connectivity index (χ1) is 10.3. The summed E-state index contributed by atoms with van der Waals surface area (Å²) < 4.78 is 43.6. The maximum atomic E-state index is 12.8. The molecule has 3 atom stereocenters. The molecule has 3 N–H and O–H groups in total. The number of halogens is 3. The second-order valence-corrected chi connectivity index (χ2v) is 5.11. The summed E-state index contributed by atoms with van der Waals surface area (Å²) in [7, 11) is 0. The molecule has 1 aromatic carbocycles. The van der Waals surface area contributed by atoms with Gasteiger partial charge in [0, 0.05) is 12.5 Å². The Labute approximate surface area is 124 Å². The van der Waals surface area contributed by atoms with Gasteiger partial charge in [0.05, 0.1) is 30.4 Å². The average molecular weight is 319 g/mol. The van der Waals surface area contributed by atoms with E-state index in [1.54, 1.807) is 0 Å². The molecule has 0 aliphatic carbocycles. The number of rotatable bonds is 3. The summed E-state index contributed by atoms with van der Waals surface area (Å²) in [4.78, 5) is 11.9. The molecule has 0 unspecified atom stereocenters. The number of nitrogens with one attached hydrogen (secondary N) is 1. The second-order valence-electron chi connectivity index (χ2n) is 5.11. The van der Waals surface area contributed by atoms with Crippen molar-refractivity contribution in [3.8, 4) is 0 Å². The Balaban J connectivity index is 2.04. The van der Waals surface area contributed by atoms with Crippen molar-refractivity contribution >= 4 is 5.91 Å². The van der Waals surface area contributed by atoms with Crippen LogP contribution in [0.2, 0.25) is 0 Å². The third kappa shape index (κ3) is 3.76. The summed E-state index contributed by atoms with van der Waals surface area (Å²) in [5, 5.41) is 21.5. The van der Waals surface area contributed by atoms with Crippen LogP contribution in [0.3, 0.4) is 0 Å². The molecular formula is C14H16F3NO4. The van der Waals surface area contributed by atoms with E-state index in [2.05, 4.69) is 5.32 Å². The van der Waals surface area contributed by atoms with Crippen LogP contribution in [0, 0.1) is 5.92 Å². The monoisotopic (exact) mass is 319 g/mol. The largest absolute Gasteiger partial charge is 0.417 e. The van der Waals surface area contributed by atoms with Crippen LogP contribution >= 0.6 is 0 Å². The maximum Gasteiger partial charge on any atom is 0.417 e. The molecule has 1 aliphatic rings. The SMILES string of the molecule is O=C(NC[C@@H]1COC[C@@H](O)[C@H]1O)c1ccccc1C(F)(F)F. The lowest BCUT2D eigenvalue weighted by atomic mass is 9.96. The van der Waals surface area contributed by atoms with Crippen LogP contribution in [0.4, 0.5) is 13.2 Å². The van der Waals surface area contributed by atoms with Crippen molar-refractivity contribution in [3.63, 3.8) is 0 Å². The molecule has 0 aromatic heterocycles. The summed E-state index contributed by atoms with van der Waals surface area (Å²) in [6.07, 6.45) is -6.79. The molecule has 1 aromatic rings. The van der Waals surface area contributed by atoms with Crippen molar-refractivity contribution in [2.75, 3.05) is 19.8 Å². The van der Waals surface area contributed by atoms with Crippen molar-refractivity contribution in [2.24, 2.45) is 5.92 Å². The van der Waals surface area contributed by atoms with Crippen LogP contribution in [-0.2, 0) is 10.9 Å². The number of alkyl halides is 3. The normalized spacial score (nSPS) is 25.8. The molecule has 1 fully saturated rings. The maximum absolute atomic E-state index is 12.8. The highest BCUT2D eigenvalue weighted by Crippen LogP contribution is 2.31. The molecule has 122 valence electrons. The molecule has 0 saturated carbocycles. The van der Waals surface area contributed by atoms with E-state index in [-0.39, 0.29) is 19.8 Å². The Morgan fingerprint density at radius 3 is 2.64 bits per heavy atom. The van der Waals surface area contributed by atoms with Crippen LogP contribution in [0.25, 0.3) is 0 Å². The van der Waals surface area contributed by atoms with E-state index < -0.39 is 41.3 Å². The number of amides is 1. The third-order valence-electron chi connectivity index (χ3n) is 3.50. The molecule has 0 spiro atoms. The molecule has 8 heteroatoms. The smallest absolute Gasteiger partial charge is 0.390 e. The highest BCUT2D eigenvalue weighted by molar-refractivity contribution is 5.95. The Morgan fingerprint density at radius 2 is 1.95 bits per heavy atom. The Kier molecular flexibility index (Phi) is 5.05. The number of ether oxygens (including phenoxy) is 1. The first-order valence-electron chi connectivity index (χ1n) is 6.69. The molecule has 1 saturated heterocycles. The van der Waals surface area contributed by atoms with Gasteiger partial charge < -0.3 is 20.3 Å². The molecule has 5 nitrogen and oxygen atoms in total. The van der Waals surface area contributed by atoms with Gasteiger partial charge in [-0.2, -0.15) is 13.2 Å². The number of hydrogen-bond donors (Lipinski definition) is 3. The first-order valence-corrected chi connectivity index (χ1v) is 6.69. The quantitative estimate of drug-likeness (QED) is 0.770. The van der Waals surface area contributed by atoms with Crippen LogP contribution in [0.15, 0.2) is 24.3 Å². The molecule has 1 heterocycles. The van der Waals surface area contributed by atoms with Crippen LogP contribution in [0.1, 0.15) is 15.9 Å². The van der Waals surface area contributed by atoms with E-state index in [0.29, 0.717) is 0 Å². The van der Waals surface area contributed by atoms with Gasteiger partial charge in [-0.15, -0.1) is 0 Å². The summed E-state index contributed by atoms with van der Waals surface area (Å²) in [6.45, 7) is 0.00515. The topological polar surface area (TPSA) is 78.8 Å². The molecule has 0 bridgehead atoms. The van der Waals surface area contributed by atoms with E-state index in [1.807, 2.05) is 0 Å². The Hall–Kier alpha value is -1.64. The van der Waals surface area contributed by atoms with Crippen molar-refractivity contribution in [1.82, 2.24) is 5.32 Å². The van der Waals surface area contributed by atoms with Crippen LogP contribution in [-0.4, -0.2) is 48.1 Å². The second kappa shape index (κ2) is 6.64. The first kappa shape index (κ1) is 16.7. The fourth-order valence-corrected chi connectivity index (χ4v) is 2.28. The number of aliphatic hydroxyl groups excluding tert-OH is 2. The molecule has 1 aliphatic heterocycles. The van der Waals surface area contributed by atoms with E-state index >= 15 is 0 Å². The number of benzene rings is 1. The van der Waals surface area contributed by atoms with Gasteiger partial charge in [-0.1, -0.05) is 12.1 Å². The zero-order valence-corrected chi connectivity index (χ0v) is 11.5. The Bertz CT molecular complexity index is 535. The summed E-state index contributed by atoms with van der Waals surface area (Å²) >= 11 is 0. The molecule has 1 amide bonds. The minimum Gasteiger partial charge on any atom is -0.390 e. The van der Waals surface area contributed by atoms with Crippen molar-refractivity contribution in [2.45, 2.75) is 18.4 Å². The minimum absolute atomic E-state index is 0.0114. The average Bonchev–Trinajstić information content (AvgIpc) is 2.47. The molecule has 2 rings (SSSR count). The Morgan fingerprint density at radius 1 is 1.27 bits per heavy atom. The van der Waals surface area contributed by atoms with Crippen molar-refractivity contribution < 1.29 is 32.9 Å². The van der Waals surface area contributed by atoms with Gasteiger partial charge in [0.1, 0.15) is 6.10 Å². The zero-order valence-electron chi connectivity index (χ0n) is 11.5. The third-order valence-corrected chi connectivity index (χ3v) is 3.50. The predicted molar refractivity (Wildman–Crippen MR) is 70.1 cm³/mol. The molecule has 0 radical (unpaired) electrons. The van der Waals surface area contributed by atoms with Gasteiger partial charge in [-0.3, -0.25) is 4.79 Å². The van der Waals surface area contributed by atoms with Crippen molar-refractivity contribution in [3.05, 3.63) is 35.4 Å². The summed E-state index contributed by atoms with van der Waals surface area (Å²) in [5.74, 6) is -1.47. The van der Waals surface area contributed by atoms with E-state index in [9.17, 15) is 28.2 Å². The van der Waals surface area contributed by atoms with Gasteiger partial charge in [0.2, 0.25) is 0 Å². The standard InChI is InChI=1S/C14H16F3NO4/c15-14(16,17)10-4-2-1-3-9(10)13(21)18-5-8-6-22-7-11(19)12(8)20/h1-4,8,11-12,19-20H,5-7H2,(H,18,21)/t8-,11-,12+/m1/s1. The summed E-state index contributed by atoms with van der Waals surface area (Å²) in [6, 6.07) is 4.46.